The molecule has 0 saturated heterocycles. The molecule has 2 rings (SSSR count). The molecule has 5 heteroatoms. The Labute approximate surface area is 135 Å². The fourth-order valence-corrected chi connectivity index (χ4v) is 2.21. The van der Waals surface area contributed by atoms with Crippen LogP contribution in [0, 0.1) is 0 Å². The molecule has 0 heterocycles. The van der Waals surface area contributed by atoms with E-state index in [1.165, 1.54) is 0 Å². The molecule has 0 aromatic heterocycles. The summed E-state index contributed by atoms with van der Waals surface area (Å²) in [5.74, 6) is 0.692. The van der Waals surface area contributed by atoms with Gasteiger partial charge >= 0.3 is 6.03 Å². The van der Waals surface area contributed by atoms with Crippen molar-refractivity contribution in [3.05, 3.63) is 59.6 Å². The monoisotopic (exact) mass is 318 g/mol. The summed E-state index contributed by atoms with van der Waals surface area (Å²) in [6.45, 7) is 3.35. The second kappa shape index (κ2) is 8.29. The summed E-state index contributed by atoms with van der Waals surface area (Å²) in [6, 6.07) is 16.6. The zero-order valence-corrected chi connectivity index (χ0v) is 13.2. The summed E-state index contributed by atoms with van der Waals surface area (Å²) >= 11 is 5.88. The van der Waals surface area contributed by atoms with Gasteiger partial charge in [-0.1, -0.05) is 35.9 Å². The number of hydrogen-bond acceptors (Lipinski definition) is 2. The molecule has 0 unspecified atom stereocenters. The van der Waals surface area contributed by atoms with Gasteiger partial charge in [-0.15, -0.1) is 0 Å². The SMILES string of the molecule is CCN(C(=O)NCCOc1cccc(Cl)c1)c1ccccc1. The van der Waals surface area contributed by atoms with Gasteiger partial charge in [0.1, 0.15) is 12.4 Å². The maximum absolute atomic E-state index is 12.2. The van der Waals surface area contributed by atoms with E-state index in [9.17, 15) is 4.79 Å². The molecular formula is C17H19ClN2O2. The fourth-order valence-electron chi connectivity index (χ4n) is 2.03. The Kier molecular flexibility index (Phi) is 6.10. The molecule has 0 spiro atoms. The van der Waals surface area contributed by atoms with Gasteiger partial charge in [0.15, 0.2) is 0 Å². The first-order valence-electron chi connectivity index (χ1n) is 7.19. The van der Waals surface area contributed by atoms with Crippen molar-refractivity contribution in [1.82, 2.24) is 5.32 Å². The number of anilines is 1. The standard InChI is InChI=1S/C17H19ClN2O2/c1-2-20(15-8-4-3-5-9-15)17(21)19-11-12-22-16-10-6-7-14(18)13-16/h3-10,13H,2,11-12H2,1H3,(H,19,21). The highest BCUT2D eigenvalue weighted by Gasteiger charge is 2.12. The van der Waals surface area contributed by atoms with Crippen molar-refractivity contribution in [3.63, 3.8) is 0 Å². The molecule has 1 N–H and O–H groups in total. The number of carbonyl (C=O) groups excluding carboxylic acids is 1. The zero-order valence-electron chi connectivity index (χ0n) is 12.5. The highest BCUT2D eigenvalue weighted by atomic mass is 35.5. The van der Waals surface area contributed by atoms with Gasteiger partial charge in [0.05, 0.1) is 6.54 Å². The second-order valence-corrected chi connectivity index (χ2v) is 5.05. The summed E-state index contributed by atoms with van der Waals surface area (Å²) in [5, 5.41) is 3.47. The molecule has 0 bridgehead atoms. The molecule has 0 radical (unpaired) electrons. The largest absolute Gasteiger partial charge is 0.492 e. The van der Waals surface area contributed by atoms with E-state index in [2.05, 4.69) is 5.32 Å². The van der Waals surface area contributed by atoms with Crippen LogP contribution in [0.2, 0.25) is 5.02 Å². The fraction of sp³-hybridized carbons (Fsp3) is 0.235. The molecule has 2 aromatic carbocycles. The molecule has 0 aliphatic carbocycles. The van der Waals surface area contributed by atoms with E-state index in [1.54, 1.807) is 17.0 Å². The quantitative estimate of drug-likeness (QED) is 0.819. The Bertz CT molecular complexity index is 605. The van der Waals surface area contributed by atoms with Crippen LogP contribution in [-0.2, 0) is 0 Å². The molecule has 0 saturated carbocycles. The number of nitrogens with one attached hydrogen (secondary N) is 1. The zero-order chi connectivity index (χ0) is 15.8. The lowest BCUT2D eigenvalue weighted by Gasteiger charge is -2.21. The summed E-state index contributed by atoms with van der Waals surface area (Å²) < 4.78 is 5.54. The minimum absolute atomic E-state index is 0.136. The van der Waals surface area contributed by atoms with Crippen LogP contribution in [0.5, 0.6) is 5.75 Å². The molecule has 2 aromatic rings. The first kappa shape index (κ1) is 16.2. The lowest BCUT2D eigenvalue weighted by atomic mass is 10.3. The van der Waals surface area contributed by atoms with Crippen molar-refractivity contribution >= 4 is 23.3 Å². The predicted molar refractivity (Wildman–Crippen MR) is 89.8 cm³/mol. The number of hydrogen-bond donors (Lipinski definition) is 1. The number of rotatable bonds is 6. The highest BCUT2D eigenvalue weighted by Crippen LogP contribution is 2.17. The van der Waals surface area contributed by atoms with Gasteiger partial charge in [0, 0.05) is 17.3 Å². The van der Waals surface area contributed by atoms with Crippen molar-refractivity contribution in [2.45, 2.75) is 6.92 Å². The third-order valence-electron chi connectivity index (χ3n) is 3.07. The first-order chi connectivity index (χ1) is 10.7. The second-order valence-electron chi connectivity index (χ2n) is 4.62. The smallest absolute Gasteiger partial charge is 0.321 e. The Morgan fingerprint density at radius 3 is 2.64 bits per heavy atom. The van der Waals surface area contributed by atoms with E-state index in [0.29, 0.717) is 30.5 Å². The van der Waals surface area contributed by atoms with E-state index >= 15 is 0 Å². The summed E-state index contributed by atoms with van der Waals surface area (Å²) in [7, 11) is 0. The van der Waals surface area contributed by atoms with Crippen LogP contribution in [0.1, 0.15) is 6.92 Å². The van der Waals surface area contributed by atoms with Gasteiger partial charge in [-0.25, -0.2) is 4.79 Å². The Morgan fingerprint density at radius 1 is 1.18 bits per heavy atom. The van der Waals surface area contributed by atoms with Gasteiger partial charge in [-0.2, -0.15) is 0 Å². The van der Waals surface area contributed by atoms with Crippen LogP contribution in [0.15, 0.2) is 54.6 Å². The van der Waals surface area contributed by atoms with Crippen LogP contribution in [-0.4, -0.2) is 25.7 Å². The lowest BCUT2D eigenvalue weighted by Crippen LogP contribution is -2.41. The summed E-state index contributed by atoms with van der Waals surface area (Å²) in [5.41, 5.74) is 0.873. The third kappa shape index (κ3) is 4.67. The summed E-state index contributed by atoms with van der Waals surface area (Å²) in [6.07, 6.45) is 0. The molecular weight excluding hydrogens is 300 g/mol. The van der Waals surface area contributed by atoms with Crippen LogP contribution < -0.4 is 15.0 Å². The van der Waals surface area contributed by atoms with E-state index in [4.69, 9.17) is 16.3 Å². The maximum Gasteiger partial charge on any atom is 0.321 e. The minimum atomic E-state index is -0.136. The van der Waals surface area contributed by atoms with Gasteiger partial charge in [-0.05, 0) is 37.3 Å². The number of urea groups is 1. The van der Waals surface area contributed by atoms with Crippen molar-refractivity contribution in [2.75, 3.05) is 24.6 Å². The number of carbonyl (C=O) groups is 1. The first-order valence-corrected chi connectivity index (χ1v) is 7.57. The van der Waals surface area contributed by atoms with E-state index in [-0.39, 0.29) is 6.03 Å². The van der Waals surface area contributed by atoms with Crippen molar-refractivity contribution in [2.24, 2.45) is 0 Å². The Hall–Kier alpha value is -2.20. The number of nitrogens with zero attached hydrogens (tertiary/aromatic N) is 1. The van der Waals surface area contributed by atoms with E-state index in [0.717, 1.165) is 5.69 Å². The third-order valence-corrected chi connectivity index (χ3v) is 3.31. The highest BCUT2D eigenvalue weighted by molar-refractivity contribution is 6.30. The summed E-state index contributed by atoms with van der Waals surface area (Å²) in [4.78, 5) is 13.9. The van der Waals surface area contributed by atoms with E-state index < -0.39 is 0 Å². The van der Waals surface area contributed by atoms with Gasteiger partial charge in [0.25, 0.3) is 0 Å². The molecule has 22 heavy (non-hydrogen) atoms. The van der Waals surface area contributed by atoms with Crippen molar-refractivity contribution < 1.29 is 9.53 Å². The molecule has 0 aliphatic rings. The Balaban J connectivity index is 1.79. The predicted octanol–water partition coefficient (Wildman–Crippen LogP) is 3.95. The molecule has 0 atom stereocenters. The Morgan fingerprint density at radius 2 is 1.95 bits per heavy atom. The number of amides is 2. The molecule has 0 fully saturated rings. The topological polar surface area (TPSA) is 41.6 Å². The number of benzene rings is 2. The molecule has 2 amide bonds. The normalized spacial score (nSPS) is 10.1. The van der Waals surface area contributed by atoms with Gasteiger partial charge in [0.2, 0.25) is 0 Å². The molecule has 0 aliphatic heterocycles. The number of halogens is 1. The maximum atomic E-state index is 12.2. The minimum Gasteiger partial charge on any atom is -0.492 e. The van der Waals surface area contributed by atoms with Crippen LogP contribution in [0.25, 0.3) is 0 Å². The van der Waals surface area contributed by atoms with Gasteiger partial charge < -0.3 is 10.1 Å². The van der Waals surface area contributed by atoms with Crippen molar-refractivity contribution in [3.8, 4) is 5.75 Å². The number of para-hydroxylation sites is 1. The average Bonchev–Trinajstić information content (AvgIpc) is 2.53. The molecule has 116 valence electrons. The average molecular weight is 319 g/mol. The molecule has 4 nitrogen and oxygen atoms in total. The lowest BCUT2D eigenvalue weighted by molar-refractivity contribution is 0.242. The van der Waals surface area contributed by atoms with Crippen LogP contribution in [0.4, 0.5) is 10.5 Å². The van der Waals surface area contributed by atoms with E-state index in [1.807, 2.05) is 49.4 Å². The number of ether oxygens (including phenoxy) is 1. The van der Waals surface area contributed by atoms with Gasteiger partial charge in [-0.3, -0.25) is 4.90 Å². The van der Waals surface area contributed by atoms with Crippen LogP contribution >= 0.6 is 11.6 Å². The van der Waals surface area contributed by atoms with Crippen molar-refractivity contribution in [1.29, 1.82) is 0 Å². The van der Waals surface area contributed by atoms with Crippen LogP contribution in [0.3, 0.4) is 0 Å².